The van der Waals surface area contributed by atoms with E-state index in [9.17, 15) is 22.4 Å². The van der Waals surface area contributed by atoms with Crippen LogP contribution in [0.3, 0.4) is 0 Å². The lowest BCUT2D eigenvalue weighted by Crippen LogP contribution is -2.15. The zero-order chi connectivity index (χ0) is 24.5. The molecule has 0 spiro atoms. The van der Waals surface area contributed by atoms with Crippen molar-refractivity contribution in [1.29, 1.82) is 0 Å². The van der Waals surface area contributed by atoms with Crippen LogP contribution in [-0.4, -0.2) is 38.2 Å². The minimum atomic E-state index is -4.32. The largest absolute Gasteiger partial charge is 0.390 e. The summed E-state index contributed by atoms with van der Waals surface area (Å²) in [6, 6.07) is 9.13. The van der Waals surface area contributed by atoms with Crippen LogP contribution in [0.15, 0.2) is 48.8 Å². The van der Waals surface area contributed by atoms with Crippen LogP contribution in [-0.2, 0) is 0 Å². The Morgan fingerprint density at radius 3 is 2.56 bits per heavy atom. The number of pyridine rings is 1. The van der Waals surface area contributed by atoms with E-state index >= 15 is 0 Å². The molecule has 4 aromatic rings. The van der Waals surface area contributed by atoms with E-state index in [0.717, 1.165) is 6.07 Å². The van der Waals surface area contributed by atoms with Gasteiger partial charge in [0.25, 0.3) is 0 Å². The minimum absolute atomic E-state index is 0.264. The van der Waals surface area contributed by atoms with E-state index < -0.39 is 24.5 Å². The van der Waals surface area contributed by atoms with Gasteiger partial charge in [0.15, 0.2) is 11.5 Å². The summed E-state index contributed by atoms with van der Waals surface area (Å²) >= 11 is 0. The second kappa shape index (κ2) is 8.96. The summed E-state index contributed by atoms with van der Waals surface area (Å²) < 4.78 is 52.6. The van der Waals surface area contributed by atoms with Crippen molar-refractivity contribution in [3.63, 3.8) is 0 Å². The fraction of sp³-hybridized carbons (Fsp3) is 0.182. The number of rotatable bonds is 7. The molecule has 4 N–H and O–H groups in total. The molecule has 0 unspecified atom stereocenters. The molecule has 34 heavy (non-hydrogen) atoms. The van der Waals surface area contributed by atoms with E-state index in [1.807, 2.05) is 0 Å². The summed E-state index contributed by atoms with van der Waals surface area (Å²) in [5.74, 6) is -0.953. The number of halogens is 4. The van der Waals surface area contributed by atoms with Crippen LogP contribution >= 0.6 is 0 Å². The molecule has 1 amide bonds. The number of nitrogens with one attached hydrogen (secondary N) is 2. The van der Waals surface area contributed by atoms with E-state index in [-0.39, 0.29) is 12.4 Å². The second-order valence-electron chi connectivity index (χ2n) is 7.50. The number of fused-ring (bicyclic) bond motifs is 1. The molecule has 0 saturated carbocycles. The Morgan fingerprint density at radius 1 is 1.12 bits per heavy atom. The number of anilines is 3. The van der Waals surface area contributed by atoms with Crippen molar-refractivity contribution in [3.8, 4) is 11.3 Å². The Kier molecular flexibility index (Phi) is 6.05. The summed E-state index contributed by atoms with van der Waals surface area (Å²) in [4.78, 5) is 19.5. The first-order valence-electron chi connectivity index (χ1n) is 10.1. The molecule has 0 atom stereocenters. The number of alkyl halides is 3. The molecule has 0 aliphatic heterocycles. The maximum Gasteiger partial charge on any atom is 0.390 e. The van der Waals surface area contributed by atoms with Crippen molar-refractivity contribution in [2.24, 2.45) is 5.73 Å². The van der Waals surface area contributed by atoms with Gasteiger partial charge in [-0.15, -0.1) is 5.10 Å². The minimum Gasteiger partial charge on any atom is -0.382 e. The number of nitrogens with zero attached hydrogens (tertiary/aromatic N) is 4. The first kappa shape index (κ1) is 23.0. The lowest BCUT2D eigenvalue weighted by Gasteiger charge is -2.13. The van der Waals surface area contributed by atoms with E-state index in [4.69, 9.17) is 5.73 Å². The number of primary amides is 1. The molecule has 0 aliphatic carbocycles. The molecule has 0 fully saturated rings. The van der Waals surface area contributed by atoms with E-state index in [0.29, 0.717) is 39.4 Å². The average molecular weight is 473 g/mol. The van der Waals surface area contributed by atoms with Crippen LogP contribution in [0.25, 0.3) is 16.9 Å². The predicted molar refractivity (Wildman–Crippen MR) is 118 cm³/mol. The molecule has 12 heteroatoms. The molecule has 0 bridgehead atoms. The zero-order valence-corrected chi connectivity index (χ0v) is 17.8. The third kappa shape index (κ3) is 5.05. The maximum absolute atomic E-state index is 13.1. The maximum atomic E-state index is 13.1. The number of hydrogen-bond donors (Lipinski definition) is 3. The van der Waals surface area contributed by atoms with Gasteiger partial charge in [0, 0.05) is 23.7 Å². The number of carbonyl (C=O) groups excluding carboxylic acids is 1. The first-order valence-corrected chi connectivity index (χ1v) is 10.1. The molecule has 176 valence electrons. The third-order valence-electron chi connectivity index (χ3n) is 4.98. The van der Waals surface area contributed by atoms with Crippen LogP contribution in [0.5, 0.6) is 0 Å². The molecule has 3 aromatic heterocycles. The third-order valence-corrected chi connectivity index (χ3v) is 4.98. The van der Waals surface area contributed by atoms with Crippen molar-refractivity contribution >= 4 is 28.7 Å². The van der Waals surface area contributed by atoms with Gasteiger partial charge in [-0.05, 0) is 36.8 Å². The van der Waals surface area contributed by atoms with Crippen molar-refractivity contribution in [2.75, 3.05) is 17.2 Å². The summed E-state index contributed by atoms with van der Waals surface area (Å²) in [6.45, 7) is 1.37. The van der Waals surface area contributed by atoms with Crippen molar-refractivity contribution in [3.05, 3.63) is 65.9 Å². The average Bonchev–Trinajstić information content (AvgIpc) is 3.18. The first-order chi connectivity index (χ1) is 16.1. The number of nitrogens with two attached hydrogens (primary N) is 1. The van der Waals surface area contributed by atoms with Gasteiger partial charge in [-0.2, -0.15) is 17.6 Å². The van der Waals surface area contributed by atoms with Gasteiger partial charge in [0.05, 0.1) is 35.9 Å². The number of hydrogen-bond acceptors (Lipinski definition) is 6. The van der Waals surface area contributed by atoms with Crippen molar-refractivity contribution < 1.29 is 22.4 Å². The predicted octanol–water partition coefficient (Wildman–Crippen LogP) is 4.45. The lowest BCUT2D eigenvalue weighted by atomic mass is 10.0. The summed E-state index contributed by atoms with van der Waals surface area (Å²) in [5.41, 5.74) is 8.65. The Bertz CT molecular complexity index is 1350. The second-order valence-corrected chi connectivity index (χ2v) is 7.50. The molecular formula is C22H19F4N7O. The topological polar surface area (TPSA) is 110 Å². The van der Waals surface area contributed by atoms with Gasteiger partial charge in [-0.25, -0.2) is 14.5 Å². The van der Waals surface area contributed by atoms with Crippen LogP contribution in [0.1, 0.15) is 22.3 Å². The SMILES string of the molecule is Cc1cc(-c2cnc3c(NCCC(F)(F)F)cc(Nc4ccc(F)nc4)nn23)ccc1C(N)=O. The highest BCUT2D eigenvalue weighted by molar-refractivity contribution is 5.95. The normalized spacial score (nSPS) is 11.6. The number of amides is 1. The highest BCUT2D eigenvalue weighted by Crippen LogP contribution is 2.29. The molecule has 3 heterocycles. The van der Waals surface area contributed by atoms with E-state index in [1.54, 1.807) is 25.1 Å². The van der Waals surface area contributed by atoms with Gasteiger partial charge in [0.1, 0.15) is 0 Å². The molecule has 0 aliphatic rings. The van der Waals surface area contributed by atoms with Crippen LogP contribution < -0.4 is 16.4 Å². The molecule has 0 radical (unpaired) electrons. The number of benzene rings is 1. The van der Waals surface area contributed by atoms with Crippen LogP contribution in [0.2, 0.25) is 0 Å². The Hall–Kier alpha value is -4.22. The van der Waals surface area contributed by atoms with E-state index in [1.165, 1.54) is 29.0 Å². The highest BCUT2D eigenvalue weighted by Gasteiger charge is 2.26. The lowest BCUT2D eigenvalue weighted by molar-refractivity contribution is -0.131. The molecule has 4 rings (SSSR count). The number of imidazole rings is 1. The Morgan fingerprint density at radius 2 is 1.91 bits per heavy atom. The smallest absolute Gasteiger partial charge is 0.382 e. The van der Waals surface area contributed by atoms with Gasteiger partial charge in [-0.1, -0.05) is 6.07 Å². The Balaban J connectivity index is 1.77. The van der Waals surface area contributed by atoms with Gasteiger partial charge >= 0.3 is 6.18 Å². The molecule has 0 saturated heterocycles. The Labute approximate surface area is 190 Å². The van der Waals surface area contributed by atoms with Crippen molar-refractivity contribution in [1.82, 2.24) is 19.6 Å². The molecule has 1 aromatic carbocycles. The fourth-order valence-corrected chi connectivity index (χ4v) is 3.39. The summed E-state index contributed by atoms with van der Waals surface area (Å²) in [6.07, 6.45) is -2.57. The van der Waals surface area contributed by atoms with Gasteiger partial charge in [-0.3, -0.25) is 4.79 Å². The monoisotopic (exact) mass is 473 g/mol. The van der Waals surface area contributed by atoms with Crippen molar-refractivity contribution in [2.45, 2.75) is 19.5 Å². The standard InChI is InChI=1S/C22H19F4N7O/c1-12-8-13(2-4-15(12)20(27)34)17-11-30-21-16(28-7-6-22(24,25)26)9-19(32-33(17)21)31-14-3-5-18(23)29-10-14/h2-5,8-11,28H,6-7H2,1H3,(H2,27,34)(H,31,32). The van der Waals surface area contributed by atoms with E-state index in [2.05, 4.69) is 25.7 Å². The highest BCUT2D eigenvalue weighted by atomic mass is 19.4. The summed E-state index contributed by atoms with van der Waals surface area (Å²) in [5, 5.41) is 10.2. The number of aromatic nitrogens is 4. The molecular weight excluding hydrogens is 454 g/mol. The quantitative estimate of drug-likeness (QED) is 0.270. The number of aryl methyl sites for hydroxylation is 1. The fourth-order valence-electron chi connectivity index (χ4n) is 3.39. The summed E-state index contributed by atoms with van der Waals surface area (Å²) in [7, 11) is 0. The zero-order valence-electron chi connectivity index (χ0n) is 17.8. The van der Waals surface area contributed by atoms with Gasteiger partial charge < -0.3 is 16.4 Å². The van der Waals surface area contributed by atoms with Gasteiger partial charge in [0.2, 0.25) is 11.9 Å². The van der Waals surface area contributed by atoms with Crippen LogP contribution in [0, 0.1) is 12.9 Å². The number of carbonyl (C=O) groups is 1. The molecule has 8 nitrogen and oxygen atoms in total. The van der Waals surface area contributed by atoms with Crippen LogP contribution in [0.4, 0.5) is 34.8 Å².